The Balaban J connectivity index is 1.58. The maximum Gasteiger partial charge on any atom is 0.297 e. The average molecular weight is 451 g/mol. The summed E-state index contributed by atoms with van der Waals surface area (Å²) >= 11 is 0. The van der Waals surface area contributed by atoms with Gasteiger partial charge in [-0.3, -0.25) is 28.8 Å². The zero-order chi connectivity index (χ0) is 23.7. The van der Waals surface area contributed by atoms with Gasteiger partial charge in [0.2, 0.25) is 11.7 Å². The molecule has 1 amide bonds. The normalized spacial score (nSPS) is 10.9. The molecule has 0 bridgehead atoms. The third-order valence-corrected chi connectivity index (χ3v) is 4.88. The lowest BCUT2D eigenvalue weighted by molar-refractivity contribution is 0.101. The van der Waals surface area contributed by atoms with Crippen LogP contribution in [0.1, 0.15) is 21.9 Å². The fraction of sp³-hybridized carbons (Fsp3) is 0.250. The molecule has 170 valence electrons. The predicted molar refractivity (Wildman–Crippen MR) is 117 cm³/mol. The van der Waals surface area contributed by atoms with Crippen molar-refractivity contribution in [1.29, 1.82) is 0 Å². The second-order valence-corrected chi connectivity index (χ2v) is 7.39. The van der Waals surface area contributed by atoms with Crippen molar-refractivity contribution < 1.29 is 14.4 Å². The molecule has 0 aliphatic carbocycles. The van der Waals surface area contributed by atoms with Crippen molar-refractivity contribution in [2.24, 2.45) is 14.1 Å². The Morgan fingerprint density at radius 3 is 2.64 bits per heavy atom. The van der Waals surface area contributed by atoms with Crippen molar-refractivity contribution in [3.8, 4) is 17.0 Å². The molecule has 0 saturated carbocycles. The van der Waals surface area contributed by atoms with Crippen LogP contribution in [0.3, 0.4) is 0 Å². The number of nitrogens with zero attached hydrogens (tertiary/aromatic N) is 8. The Morgan fingerprint density at radius 2 is 2.03 bits per heavy atom. The molecular weight excluding hydrogens is 430 g/mol. The summed E-state index contributed by atoms with van der Waals surface area (Å²) in [6.45, 7) is 2.14. The van der Waals surface area contributed by atoms with Gasteiger partial charge >= 0.3 is 0 Å². The largest absolute Gasteiger partial charge is 0.501 e. The molecule has 0 atom stereocenters. The Labute approximate surface area is 187 Å². The number of anilines is 2. The molecule has 0 unspecified atom stereocenters. The monoisotopic (exact) mass is 451 g/mol. The van der Waals surface area contributed by atoms with E-state index in [9.17, 15) is 14.7 Å². The molecule has 0 aliphatic rings. The Bertz CT molecular complexity index is 1360. The molecule has 33 heavy (non-hydrogen) atoms. The maximum absolute atomic E-state index is 12.5. The average Bonchev–Trinajstić information content (AvgIpc) is 3.41. The molecule has 0 aromatic carbocycles. The lowest BCUT2D eigenvalue weighted by atomic mass is 10.2. The Morgan fingerprint density at radius 1 is 1.24 bits per heavy atom. The first-order chi connectivity index (χ1) is 15.7. The number of hydrogen-bond donors (Lipinski definition) is 2. The molecule has 0 aliphatic heterocycles. The standard InChI is InChI=1S/C20H21N9O4/c1-11-14(9-28(3)26-11)15-7-21-12(5-22-15)8-27(2)20-25-16(17(30)19(32)29(20)4)18(31)24-13-6-23-33-10-13/h5-7,9-10,30H,8H2,1-4H3,(H,24,31). The Kier molecular flexibility index (Phi) is 5.60. The highest BCUT2D eigenvalue weighted by Gasteiger charge is 2.22. The molecule has 4 aromatic heterocycles. The number of amides is 1. The van der Waals surface area contributed by atoms with E-state index < -0.39 is 22.9 Å². The van der Waals surface area contributed by atoms with Crippen molar-refractivity contribution in [2.45, 2.75) is 13.5 Å². The SMILES string of the molecule is Cc1nn(C)cc1-c1cnc(CN(C)c2nc(C(=O)Nc3cnoc3)c(O)c(=O)n2C)cn1. The van der Waals surface area contributed by atoms with Gasteiger partial charge in [0.05, 0.1) is 42.2 Å². The smallest absolute Gasteiger partial charge is 0.297 e. The van der Waals surface area contributed by atoms with Crippen LogP contribution >= 0.6 is 0 Å². The van der Waals surface area contributed by atoms with Gasteiger partial charge in [0.1, 0.15) is 12.0 Å². The van der Waals surface area contributed by atoms with Gasteiger partial charge in [0.15, 0.2) is 5.69 Å². The molecule has 2 N–H and O–H groups in total. The van der Waals surface area contributed by atoms with Gasteiger partial charge in [-0.25, -0.2) is 4.98 Å². The highest BCUT2D eigenvalue weighted by atomic mass is 16.5. The van der Waals surface area contributed by atoms with Crippen LogP contribution in [-0.2, 0) is 20.6 Å². The summed E-state index contributed by atoms with van der Waals surface area (Å²) in [4.78, 5) is 39.8. The van der Waals surface area contributed by atoms with E-state index in [1.54, 1.807) is 29.0 Å². The van der Waals surface area contributed by atoms with Crippen molar-refractivity contribution in [3.05, 3.63) is 58.5 Å². The van der Waals surface area contributed by atoms with E-state index in [1.165, 1.54) is 19.5 Å². The first kappa shape index (κ1) is 21.7. The molecule has 0 saturated heterocycles. The zero-order valence-electron chi connectivity index (χ0n) is 18.3. The molecule has 0 fully saturated rings. The van der Waals surface area contributed by atoms with E-state index in [0.717, 1.165) is 15.8 Å². The predicted octanol–water partition coefficient (Wildman–Crippen LogP) is 0.862. The number of nitrogens with one attached hydrogen (secondary N) is 1. The quantitative estimate of drug-likeness (QED) is 0.431. The lowest BCUT2D eigenvalue weighted by Crippen LogP contribution is -2.31. The highest BCUT2D eigenvalue weighted by molar-refractivity contribution is 6.04. The van der Waals surface area contributed by atoms with E-state index in [2.05, 4.69) is 35.0 Å². The first-order valence-electron chi connectivity index (χ1n) is 9.78. The number of carbonyl (C=O) groups is 1. The number of rotatable bonds is 6. The van der Waals surface area contributed by atoms with Crippen LogP contribution in [0.5, 0.6) is 5.75 Å². The Hall–Kier alpha value is -4.55. The van der Waals surface area contributed by atoms with Gasteiger partial charge in [0.25, 0.3) is 11.5 Å². The minimum Gasteiger partial charge on any atom is -0.501 e. The minimum absolute atomic E-state index is 0.155. The van der Waals surface area contributed by atoms with E-state index in [4.69, 9.17) is 0 Å². The third-order valence-electron chi connectivity index (χ3n) is 4.88. The number of hydrogen-bond acceptors (Lipinski definition) is 10. The van der Waals surface area contributed by atoms with Gasteiger partial charge in [-0.05, 0) is 6.92 Å². The van der Waals surface area contributed by atoms with E-state index >= 15 is 0 Å². The topological polar surface area (TPSA) is 157 Å². The van der Waals surface area contributed by atoms with E-state index in [-0.39, 0.29) is 18.2 Å². The second kappa shape index (κ2) is 8.53. The summed E-state index contributed by atoms with van der Waals surface area (Å²) in [5.41, 5.74) is 2.10. The molecule has 0 radical (unpaired) electrons. The van der Waals surface area contributed by atoms with Gasteiger partial charge in [-0.1, -0.05) is 5.16 Å². The van der Waals surface area contributed by atoms with Crippen molar-refractivity contribution in [2.75, 3.05) is 17.3 Å². The van der Waals surface area contributed by atoms with Crippen molar-refractivity contribution in [1.82, 2.24) is 34.5 Å². The van der Waals surface area contributed by atoms with Crippen LogP contribution in [0.15, 0.2) is 40.4 Å². The molecule has 13 heteroatoms. The van der Waals surface area contributed by atoms with E-state index in [1.807, 2.05) is 20.2 Å². The molecule has 4 aromatic rings. The highest BCUT2D eigenvalue weighted by Crippen LogP contribution is 2.20. The number of aromatic hydroxyl groups is 1. The molecular formula is C20H21N9O4. The van der Waals surface area contributed by atoms with Gasteiger partial charge < -0.3 is 19.8 Å². The summed E-state index contributed by atoms with van der Waals surface area (Å²) in [5.74, 6) is -1.39. The molecule has 0 spiro atoms. The van der Waals surface area contributed by atoms with Crippen LogP contribution in [0.25, 0.3) is 11.3 Å². The van der Waals surface area contributed by atoms with Gasteiger partial charge in [-0.2, -0.15) is 5.10 Å². The van der Waals surface area contributed by atoms with Crippen molar-refractivity contribution >= 4 is 17.5 Å². The van der Waals surface area contributed by atoms with Crippen molar-refractivity contribution in [3.63, 3.8) is 0 Å². The summed E-state index contributed by atoms with van der Waals surface area (Å²) in [7, 11) is 4.96. The van der Waals surface area contributed by atoms with Crippen LogP contribution in [0, 0.1) is 6.92 Å². The fourth-order valence-electron chi connectivity index (χ4n) is 3.28. The molecule has 4 heterocycles. The summed E-state index contributed by atoms with van der Waals surface area (Å²) in [6.07, 6.45) is 7.62. The number of carbonyl (C=O) groups excluding carboxylic acids is 1. The number of aromatic nitrogens is 7. The lowest BCUT2D eigenvalue weighted by Gasteiger charge is -2.21. The van der Waals surface area contributed by atoms with Crippen LogP contribution in [0.4, 0.5) is 11.6 Å². The first-order valence-corrected chi connectivity index (χ1v) is 9.78. The third kappa shape index (κ3) is 4.28. The van der Waals surface area contributed by atoms with Gasteiger partial charge in [-0.15, -0.1) is 0 Å². The summed E-state index contributed by atoms with van der Waals surface area (Å²) < 4.78 is 7.51. The molecule has 4 rings (SSSR count). The van der Waals surface area contributed by atoms with Crippen LogP contribution in [0.2, 0.25) is 0 Å². The summed E-state index contributed by atoms with van der Waals surface area (Å²) in [6, 6.07) is 0. The maximum atomic E-state index is 12.5. The zero-order valence-corrected chi connectivity index (χ0v) is 18.3. The fourth-order valence-corrected chi connectivity index (χ4v) is 3.28. The van der Waals surface area contributed by atoms with Crippen LogP contribution < -0.4 is 15.8 Å². The molecule has 13 nitrogen and oxygen atoms in total. The van der Waals surface area contributed by atoms with E-state index in [0.29, 0.717) is 11.4 Å². The minimum atomic E-state index is -0.779. The second-order valence-electron chi connectivity index (χ2n) is 7.39. The number of aryl methyl sites for hydroxylation is 2. The van der Waals surface area contributed by atoms with Gasteiger partial charge in [0, 0.05) is 32.9 Å². The van der Waals surface area contributed by atoms with Crippen LogP contribution in [-0.4, -0.2) is 52.5 Å². The summed E-state index contributed by atoms with van der Waals surface area (Å²) in [5, 5.41) is 20.4.